The predicted molar refractivity (Wildman–Crippen MR) is 143 cm³/mol. The first-order valence-corrected chi connectivity index (χ1v) is 12.5. The van der Waals surface area contributed by atoms with Crippen LogP contribution in [-0.2, 0) is 30.3 Å². The van der Waals surface area contributed by atoms with Gasteiger partial charge in [-0.15, -0.1) is 0 Å². The number of hydrogen-bond acceptors (Lipinski definition) is 9. The summed E-state index contributed by atoms with van der Waals surface area (Å²) < 4.78 is 9.88. The quantitative estimate of drug-likeness (QED) is 0.0924. The van der Waals surface area contributed by atoms with Gasteiger partial charge in [-0.05, 0) is 29.8 Å². The summed E-state index contributed by atoms with van der Waals surface area (Å²) >= 11 is 0. The third-order valence-corrected chi connectivity index (χ3v) is 6.53. The summed E-state index contributed by atoms with van der Waals surface area (Å²) in [6.45, 7) is -0.734. The molecule has 1 aliphatic rings. The van der Waals surface area contributed by atoms with Gasteiger partial charge in [0.2, 0.25) is 11.8 Å². The van der Waals surface area contributed by atoms with Gasteiger partial charge < -0.3 is 40.6 Å². The van der Waals surface area contributed by atoms with Gasteiger partial charge in [-0.2, -0.15) is 0 Å². The van der Waals surface area contributed by atoms with Gasteiger partial charge in [0.25, 0.3) is 5.91 Å². The van der Waals surface area contributed by atoms with Crippen LogP contribution >= 0.6 is 0 Å². The highest BCUT2D eigenvalue weighted by molar-refractivity contribution is 6.01. The Labute approximate surface area is 235 Å². The Balaban J connectivity index is 1.92. The van der Waals surface area contributed by atoms with Crippen molar-refractivity contribution in [3.63, 3.8) is 0 Å². The molecule has 5 N–H and O–H groups in total. The van der Waals surface area contributed by atoms with E-state index in [2.05, 4.69) is 10.5 Å². The van der Waals surface area contributed by atoms with E-state index in [0.29, 0.717) is 16.9 Å². The normalized spacial score (nSPS) is 16.1. The van der Waals surface area contributed by atoms with E-state index in [9.17, 15) is 29.1 Å². The lowest BCUT2D eigenvalue weighted by atomic mass is 10.0. The maximum Gasteiger partial charge on any atom is 0.323 e. The van der Waals surface area contributed by atoms with Crippen LogP contribution < -0.4 is 15.8 Å². The molecule has 3 rings (SSSR count). The zero-order valence-corrected chi connectivity index (χ0v) is 22.5. The Hall–Kier alpha value is -5.14. The molecule has 1 aliphatic heterocycles. The SMILES string of the molecule is COC(=O)C[C@H]1C(=O)N(CC(=O)O)CCN1C(=O)[C@H](Cc1ccc(OC)cc1)NC(=O)c1ccc(/C(N)=N/O)cc1. The van der Waals surface area contributed by atoms with Gasteiger partial charge in [0, 0.05) is 30.6 Å². The molecule has 0 aromatic heterocycles. The fourth-order valence-electron chi connectivity index (χ4n) is 4.35. The van der Waals surface area contributed by atoms with Crippen molar-refractivity contribution in [1.82, 2.24) is 15.1 Å². The minimum Gasteiger partial charge on any atom is -0.497 e. The highest BCUT2D eigenvalue weighted by atomic mass is 16.5. The standard InChI is InChI=1S/C27H31N5O9/c1-40-19-9-3-16(4-10-19)13-20(29-25(36)18-7-5-17(6-8-18)24(28)30-39)26(37)32-12-11-31(15-22(33)34)27(38)21(32)14-23(35)41-2/h3-10,20-21,39H,11-15H2,1-2H3,(H2,28,30)(H,29,36)(H,33,34)/t20-,21-/m0/s1. The average molecular weight is 570 g/mol. The van der Waals surface area contributed by atoms with Crippen molar-refractivity contribution in [1.29, 1.82) is 0 Å². The predicted octanol–water partition coefficient (Wildman–Crippen LogP) is -0.182. The van der Waals surface area contributed by atoms with Crippen LogP contribution in [0.15, 0.2) is 53.7 Å². The van der Waals surface area contributed by atoms with Crippen molar-refractivity contribution in [3.8, 4) is 5.75 Å². The molecule has 0 saturated carbocycles. The van der Waals surface area contributed by atoms with E-state index in [0.717, 1.165) is 12.0 Å². The lowest BCUT2D eigenvalue weighted by Gasteiger charge is -2.41. The summed E-state index contributed by atoms with van der Waals surface area (Å²) in [6.07, 6.45) is -0.457. The molecular weight excluding hydrogens is 538 g/mol. The summed E-state index contributed by atoms with van der Waals surface area (Å²) in [5, 5.41) is 23.7. The molecule has 1 heterocycles. The second-order valence-electron chi connectivity index (χ2n) is 9.12. The Morgan fingerprint density at radius 3 is 2.24 bits per heavy atom. The smallest absolute Gasteiger partial charge is 0.323 e. The Kier molecular flexibility index (Phi) is 10.2. The highest BCUT2D eigenvalue weighted by Gasteiger charge is 2.41. The van der Waals surface area contributed by atoms with Gasteiger partial charge in [0.05, 0.1) is 20.6 Å². The summed E-state index contributed by atoms with van der Waals surface area (Å²) in [6, 6.07) is 10.2. The number of amides is 3. The first kappa shape index (κ1) is 30.4. The number of ether oxygens (including phenoxy) is 2. The molecule has 3 amide bonds. The molecule has 2 aromatic carbocycles. The fourth-order valence-corrected chi connectivity index (χ4v) is 4.35. The number of piperazine rings is 1. The zero-order valence-electron chi connectivity index (χ0n) is 22.5. The highest BCUT2D eigenvalue weighted by Crippen LogP contribution is 2.20. The van der Waals surface area contributed by atoms with Crippen molar-refractivity contribution >= 4 is 35.5 Å². The van der Waals surface area contributed by atoms with Gasteiger partial charge >= 0.3 is 11.9 Å². The Morgan fingerprint density at radius 1 is 1.05 bits per heavy atom. The number of aliphatic carboxylic acids is 1. The molecule has 14 nitrogen and oxygen atoms in total. The molecule has 14 heteroatoms. The zero-order chi connectivity index (χ0) is 30.1. The van der Waals surface area contributed by atoms with E-state index in [4.69, 9.17) is 20.4 Å². The molecule has 0 unspecified atom stereocenters. The number of benzene rings is 2. The van der Waals surface area contributed by atoms with E-state index < -0.39 is 54.7 Å². The Bertz CT molecular complexity index is 1310. The number of methoxy groups -OCH3 is 2. The molecule has 0 radical (unpaired) electrons. The average Bonchev–Trinajstić information content (AvgIpc) is 2.98. The Morgan fingerprint density at radius 2 is 1.68 bits per heavy atom. The van der Waals surface area contributed by atoms with Gasteiger partial charge in [0.1, 0.15) is 24.4 Å². The van der Waals surface area contributed by atoms with Crippen LogP contribution in [0.3, 0.4) is 0 Å². The molecule has 2 aromatic rings. The lowest BCUT2D eigenvalue weighted by Crippen LogP contribution is -2.63. The number of nitrogens with two attached hydrogens (primary N) is 1. The van der Waals surface area contributed by atoms with Crippen LogP contribution in [0, 0.1) is 0 Å². The van der Waals surface area contributed by atoms with E-state index in [1.807, 2.05) is 0 Å². The van der Waals surface area contributed by atoms with E-state index in [1.165, 1.54) is 36.3 Å². The van der Waals surface area contributed by atoms with Gasteiger partial charge in [-0.1, -0.05) is 29.4 Å². The number of carbonyl (C=O) groups excluding carboxylic acids is 4. The van der Waals surface area contributed by atoms with E-state index >= 15 is 0 Å². The lowest BCUT2D eigenvalue weighted by molar-refractivity contribution is -0.159. The second kappa shape index (κ2) is 13.8. The number of nitrogens with one attached hydrogen (secondary N) is 1. The topological polar surface area (TPSA) is 201 Å². The largest absolute Gasteiger partial charge is 0.497 e. The molecule has 41 heavy (non-hydrogen) atoms. The summed E-state index contributed by atoms with van der Waals surface area (Å²) in [5.41, 5.74) is 6.81. The molecule has 1 fully saturated rings. The number of esters is 1. The molecule has 218 valence electrons. The third kappa shape index (κ3) is 7.71. The summed E-state index contributed by atoms with van der Waals surface area (Å²) in [4.78, 5) is 65.9. The molecule has 2 atom stereocenters. The van der Waals surface area contributed by atoms with E-state index in [-0.39, 0.29) is 30.9 Å². The maximum absolute atomic E-state index is 13.9. The summed E-state index contributed by atoms with van der Waals surface area (Å²) in [7, 11) is 2.64. The molecule has 0 spiro atoms. The number of nitrogens with zero attached hydrogens (tertiary/aromatic N) is 3. The summed E-state index contributed by atoms with van der Waals surface area (Å²) in [5.74, 6) is -3.52. The third-order valence-electron chi connectivity index (χ3n) is 6.53. The fraction of sp³-hybridized carbons (Fsp3) is 0.333. The van der Waals surface area contributed by atoms with Crippen LogP contribution in [0.25, 0.3) is 0 Å². The monoisotopic (exact) mass is 569 g/mol. The number of rotatable bonds is 11. The number of carboxylic acid groups (broad SMARTS) is 1. The van der Waals surface area contributed by atoms with Gasteiger partial charge in [0.15, 0.2) is 5.84 Å². The molecule has 0 bridgehead atoms. The first-order valence-electron chi connectivity index (χ1n) is 12.5. The van der Waals surface area contributed by atoms with Gasteiger partial charge in [-0.3, -0.25) is 24.0 Å². The first-order chi connectivity index (χ1) is 19.6. The second-order valence-corrected chi connectivity index (χ2v) is 9.12. The van der Waals surface area contributed by atoms with Gasteiger partial charge in [-0.25, -0.2) is 0 Å². The van der Waals surface area contributed by atoms with Crippen LogP contribution in [0.1, 0.15) is 27.9 Å². The van der Waals surface area contributed by atoms with Crippen molar-refractivity contribution in [2.75, 3.05) is 33.9 Å². The van der Waals surface area contributed by atoms with E-state index in [1.54, 1.807) is 24.3 Å². The maximum atomic E-state index is 13.9. The molecule has 0 aliphatic carbocycles. The number of carbonyl (C=O) groups is 5. The van der Waals surface area contributed by atoms with Crippen LogP contribution in [0.4, 0.5) is 0 Å². The number of carboxylic acids is 1. The van der Waals surface area contributed by atoms with Crippen molar-refractivity contribution < 1.29 is 43.8 Å². The number of amidine groups is 1. The number of oxime groups is 1. The minimum atomic E-state index is -1.32. The molecule has 1 saturated heterocycles. The van der Waals surface area contributed by atoms with Crippen LogP contribution in [0.2, 0.25) is 0 Å². The van der Waals surface area contributed by atoms with Crippen molar-refractivity contribution in [2.24, 2.45) is 10.9 Å². The number of hydrogen-bond donors (Lipinski definition) is 4. The minimum absolute atomic E-state index is 0.0330. The van der Waals surface area contributed by atoms with Crippen LogP contribution in [0.5, 0.6) is 5.75 Å². The van der Waals surface area contributed by atoms with Crippen molar-refractivity contribution in [3.05, 3.63) is 65.2 Å². The molecular formula is C27H31N5O9. The van der Waals surface area contributed by atoms with Crippen LogP contribution in [-0.4, -0.2) is 102 Å². The van der Waals surface area contributed by atoms with Crippen molar-refractivity contribution in [2.45, 2.75) is 24.9 Å².